The lowest BCUT2D eigenvalue weighted by molar-refractivity contribution is -0.384. The van der Waals surface area contributed by atoms with E-state index in [4.69, 9.17) is 0 Å². The lowest BCUT2D eigenvalue weighted by atomic mass is 10.1. The second-order valence-corrected chi connectivity index (χ2v) is 5.16. The van der Waals surface area contributed by atoms with Crippen LogP contribution >= 0.6 is 0 Å². The first-order chi connectivity index (χ1) is 12.1. The Kier molecular flexibility index (Phi) is 4.70. The lowest BCUT2D eigenvalue weighted by Gasteiger charge is -2.01. The molecular formula is C17H13N5O3. The van der Waals surface area contributed by atoms with Gasteiger partial charge in [0.05, 0.1) is 28.6 Å². The molecule has 1 heterocycles. The largest absolute Gasteiger partial charge is 0.273 e. The Labute approximate surface area is 142 Å². The highest BCUT2D eigenvalue weighted by molar-refractivity contribution is 5.96. The molecule has 3 rings (SSSR count). The van der Waals surface area contributed by atoms with Crippen molar-refractivity contribution in [3.63, 3.8) is 0 Å². The van der Waals surface area contributed by atoms with E-state index in [0.29, 0.717) is 11.1 Å². The zero-order valence-electron chi connectivity index (χ0n) is 13.0. The third kappa shape index (κ3) is 3.99. The first kappa shape index (κ1) is 16.2. The number of nitrogens with one attached hydrogen (secondary N) is 1. The van der Waals surface area contributed by atoms with Gasteiger partial charge in [0.1, 0.15) is 0 Å². The van der Waals surface area contributed by atoms with Crippen LogP contribution in [0.15, 0.2) is 60.0 Å². The number of nitro groups is 1. The monoisotopic (exact) mass is 335 g/mol. The lowest BCUT2D eigenvalue weighted by Crippen LogP contribution is -2.19. The number of nitrogens with zero attached hydrogens (tertiary/aromatic N) is 4. The van der Waals surface area contributed by atoms with Crippen LogP contribution in [-0.2, 0) is 11.2 Å². The third-order valence-electron chi connectivity index (χ3n) is 3.43. The summed E-state index contributed by atoms with van der Waals surface area (Å²) in [6.45, 7) is 0. The number of hydrogen-bond acceptors (Lipinski definition) is 6. The summed E-state index contributed by atoms with van der Waals surface area (Å²) in [5.74, 6) is -0.323. The maximum Gasteiger partial charge on any atom is 0.269 e. The number of aromatic nitrogens is 2. The van der Waals surface area contributed by atoms with E-state index in [0.717, 1.165) is 11.1 Å². The Balaban J connectivity index is 1.63. The standard InChI is InChI=1S/C17H13N5O3/c23-16(10-12-4-6-14(7-5-12)22(24)25)21-20-11-13-2-1-3-15-17(13)19-9-8-18-15/h1-9,11H,10H2,(H,21,23)/b20-11-. The second kappa shape index (κ2) is 7.26. The van der Waals surface area contributed by atoms with Crippen molar-refractivity contribution in [3.05, 3.63) is 76.1 Å². The number of carbonyl (C=O) groups is 1. The zero-order chi connectivity index (χ0) is 17.6. The van der Waals surface area contributed by atoms with E-state index in [1.165, 1.54) is 18.3 Å². The fourth-order valence-electron chi connectivity index (χ4n) is 2.25. The van der Waals surface area contributed by atoms with Crippen LogP contribution in [0.4, 0.5) is 5.69 Å². The van der Waals surface area contributed by atoms with Crippen molar-refractivity contribution in [2.24, 2.45) is 5.10 Å². The molecule has 0 saturated carbocycles. The summed E-state index contributed by atoms with van der Waals surface area (Å²) in [4.78, 5) is 30.5. The molecule has 0 atom stereocenters. The van der Waals surface area contributed by atoms with Gasteiger partial charge in [-0.15, -0.1) is 0 Å². The molecule has 3 aromatic rings. The van der Waals surface area contributed by atoms with Crippen LogP contribution in [-0.4, -0.2) is 27.0 Å². The molecule has 1 amide bonds. The molecule has 25 heavy (non-hydrogen) atoms. The fourth-order valence-corrected chi connectivity index (χ4v) is 2.25. The third-order valence-corrected chi connectivity index (χ3v) is 3.43. The van der Waals surface area contributed by atoms with Gasteiger partial charge in [-0.2, -0.15) is 5.10 Å². The number of carbonyl (C=O) groups excluding carboxylic acids is 1. The summed E-state index contributed by atoms with van der Waals surface area (Å²) in [7, 11) is 0. The van der Waals surface area contributed by atoms with E-state index in [-0.39, 0.29) is 18.0 Å². The number of hydrazone groups is 1. The Morgan fingerprint density at radius 2 is 1.92 bits per heavy atom. The molecule has 0 fully saturated rings. The molecule has 0 aliphatic heterocycles. The molecule has 0 saturated heterocycles. The van der Waals surface area contributed by atoms with Gasteiger partial charge in [0.25, 0.3) is 5.69 Å². The van der Waals surface area contributed by atoms with Gasteiger partial charge in [-0.1, -0.05) is 24.3 Å². The van der Waals surface area contributed by atoms with Crippen LogP contribution in [0.2, 0.25) is 0 Å². The van der Waals surface area contributed by atoms with Crippen LogP contribution in [0.1, 0.15) is 11.1 Å². The Morgan fingerprint density at radius 3 is 2.68 bits per heavy atom. The molecule has 1 aromatic heterocycles. The highest BCUT2D eigenvalue weighted by Gasteiger charge is 2.07. The van der Waals surface area contributed by atoms with E-state index >= 15 is 0 Å². The SMILES string of the molecule is O=C(Cc1ccc([N+](=O)[O-])cc1)N/N=C\c1cccc2nccnc12. The number of benzene rings is 2. The highest BCUT2D eigenvalue weighted by Crippen LogP contribution is 2.13. The minimum absolute atomic E-state index is 0.0146. The van der Waals surface area contributed by atoms with Crippen LogP contribution < -0.4 is 5.43 Å². The molecular weight excluding hydrogens is 322 g/mol. The van der Waals surface area contributed by atoms with Gasteiger partial charge in [-0.3, -0.25) is 24.9 Å². The van der Waals surface area contributed by atoms with Crippen molar-refractivity contribution in [1.29, 1.82) is 0 Å². The molecule has 0 aliphatic carbocycles. The Hall–Kier alpha value is -3.68. The number of hydrogen-bond donors (Lipinski definition) is 1. The first-order valence-electron chi connectivity index (χ1n) is 7.38. The first-order valence-corrected chi connectivity index (χ1v) is 7.38. The van der Waals surface area contributed by atoms with E-state index in [2.05, 4.69) is 20.5 Å². The van der Waals surface area contributed by atoms with Gasteiger partial charge < -0.3 is 0 Å². The van der Waals surface area contributed by atoms with Crippen molar-refractivity contribution in [1.82, 2.24) is 15.4 Å². The minimum Gasteiger partial charge on any atom is -0.273 e. The average Bonchev–Trinajstić information content (AvgIpc) is 2.62. The summed E-state index contributed by atoms with van der Waals surface area (Å²) in [6.07, 6.45) is 4.78. The molecule has 1 N–H and O–H groups in total. The predicted molar refractivity (Wildman–Crippen MR) is 92.1 cm³/mol. The smallest absolute Gasteiger partial charge is 0.269 e. The van der Waals surface area contributed by atoms with Gasteiger partial charge in [0.2, 0.25) is 5.91 Å². The van der Waals surface area contributed by atoms with E-state index in [9.17, 15) is 14.9 Å². The summed E-state index contributed by atoms with van der Waals surface area (Å²) < 4.78 is 0. The molecule has 8 heteroatoms. The maximum atomic E-state index is 11.9. The molecule has 0 bridgehead atoms. The minimum atomic E-state index is -0.485. The molecule has 8 nitrogen and oxygen atoms in total. The molecule has 124 valence electrons. The van der Waals surface area contributed by atoms with Gasteiger partial charge in [-0.05, 0) is 11.6 Å². The van der Waals surface area contributed by atoms with Crippen molar-refractivity contribution in [3.8, 4) is 0 Å². The predicted octanol–water partition coefficient (Wildman–Crippen LogP) is 2.23. The topological polar surface area (TPSA) is 110 Å². The molecule has 0 spiro atoms. The number of fused-ring (bicyclic) bond motifs is 1. The van der Waals surface area contributed by atoms with Gasteiger partial charge in [0, 0.05) is 30.1 Å². The molecule has 0 unspecified atom stereocenters. The van der Waals surface area contributed by atoms with Crippen molar-refractivity contribution >= 4 is 28.8 Å². The number of rotatable bonds is 5. The summed E-state index contributed by atoms with van der Waals surface area (Å²) in [5, 5.41) is 14.5. The number of nitro benzene ring substituents is 1. The van der Waals surface area contributed by atoms with Gasteiger partial charge in [0.15, 0.2) is 0 Å². The number of para-hydroxylation sites is 1. The van der Waals surface area contributed by atoms with Crippen LogP contribution in [0.5, 0.6) is 0 Å². The maximum absolute atomic E-state index is 11.9. The van der Waals surface area contributed by atoms with Crippen LogP contribution in [0.25, 0.3) is 11.0 Å². The molecule has 0 aliphatic rings. The van der Waals surface area contributed by atoms with Crippen molar-refractivity contribution in [2.75, 3.05) is 0 Å². The van der Waals surface area contributed by atoms with E-state index in [1.54, 1.807) is 24.5 Å². The van der Waals surface area contributed by atoms with Gasteiger partial charge >= 0.3 is 0 Å². The van der Waals surface area contributed by atoms with Gasteiger partial charge in [-0.25, -0.2) is 5.43 Å². The normalized spacial score (nSPS) is 10.9. The van der Waals surface area contributed by atoms with E-state index < -0.39 is 4.92 Å². The van der Waals surface area contributed by atoms with Crippen molar-refractivity contribution < 1.29 is 9.72 Å². The summed E-state index contributed by atoms with van der Waals surface area (Å²) >= 11 is 0. The Morgan fingerprint density at radius 1 is 1.16 bits per heavy atom. The zero-order valence-corrected chi connectivity index (χ0v) is 13.0. The second-order valence-electron chi connectivity index (χ2n) is 5.16. The fraction of sp³-hybridized carbons (Fsp3) is 0.0588. The Bertz CT molecular complexity index is 949. The van der Waals surface area contributed by atoms with Crippen LogP contribution in [0.3, 0.4) is 0 Å². The van der Waals surface area contributed by atoms with E-state index in [1.807, 2.05) is 18.2 Å². The number of amides is 1. The molecule has 0 radical (unpaired) electrons. The number of non-ortho nitro benzene ring substituents is 1. The average molecular weight is 335 g/mol. The highest BCUT2D eigenvalue weighted by atomic mass is 16.6. The quantitative estimate of drug-likeness (QED) is 0.437. The summed E-state index contributed by atoms with van der Waals surface area (Å²) in [6, 6.07) is 11.3. The van der Waals surface area contributed by atoms with Crippen molar-refractivity contribution in [2.45, 2.75) is 6.42 Å². The summed E-state index contributed by atoms with van der Waals surface area (Å²) in [5.41, 5.74) is 5.25. The molecule has 2 aromatic carbocycles. The van der Waals surface area contributed by atoms with Crippen LogP contribution in [0, 0.1) is 10.1 Å².